The number of benzene rings is 3. The fraction of sp³-hybridized carbons (Fsp3) is 0.233. The molecule has 1 heterocycles. The van der Waals surface area contributed by atoms with E-state index in [4.69, 9.17) is 4.74 Å². The van der Waals surface area contributed by atoms with Crippen LogP contribution in [0.5, 0.6) is 5.75 Å². The van der Waals surface area contributed by atoms with E-state index in [0.717, 1.165) is 24.0 Å². The number of hydrogen-bond donors (Lipinski definition) is 1. The summed E-state index contributed by atoms with van der Waals surface area (Å²) in [5.41, 5.74) is 3.71. The molecule has 1 aliphatic carbocycles. The van der Waals surface area contributed by atoms with Crippen molar-refractivity contribution in [1.82, 2.24) is 14.5 Å². The van der Waals surface area contributed by atoms with Gasteiger partial charge in [-0.25, -0.2) is 9.37 Å². The largest absolute Gasteiger partial charge is 0.497 e. The van der Waals surface area contributed by atoms with Crippen LogP contribution in [0.4, 0.5) is 10.3 Å². The van der Waals surface area contributed by atoms with Crippen LogP contribution in [-0.4, -0.2) is 46.5 Å². The van der Waals surface area contributed by atoms with Crippen LogP contribution in [-0.2, 0) is 4.79 Å². The number of nitrogens with one attached hydrogen (secondary N) is 1. The van der Waals surface area contributed by atoms with Gasteiger partial charge in [0.2, 0.25) is 11.9 Å². The Morgan fingerprint density at radius 1 is 1.03 bits per heavy atom. The average Bonchev–Trinajstić information content (AvgIpc) is 3.66. The number of ether oxygens (including phenoxy) is 1. The fourth-order valence-corrected chi connectivity index (χ4v) is 4.22. The number of rotatable bonds is 9. The molecule has 0 radical (unpaired) electrons. The van der Waals surface area contributed by atoms with Crippen molar-refractivity contribution in [3.8, 4) is 22.7 Å². The quantitative estimate of drug-likeness (QED) is 0.322. The summed E-state index contributed by atoms with van der Waals surface area (Å²) in [6.45, 7) is 2.40. The summed E-state index contributed by atoms with van der Waals surface area (Å²) in [5.74, 6) is 0.519. The number of halogens is 1. The summed E-state index contributed by atoms with van der Waals surface area (Å²) in [4.78, 5) is 32.8. The molecule has 4 aromatic rings. The third kappa shape index (κ3) is 5.91. The van der Waals surface area contributed by atoms with Crippen LogP contribution in [0.2, 0.25) is 0 Å². The molecule has 1 fully saturated rings. The summed E-state index contributed by atoms with van der Waals surface area (Å²) >= 11 is 0. The molecule has 1 aromatic heterocycles. The smallest absolute Gasteiger partial charge is 0.254 e. The maximum Gasteiger partial charge on any atom is 0.254 e. The van der Waals surface area contributed by atoms with Gasteiger partial charge in [-0.2, -0.15) is 0 Å². The predicted octanol–water partition coefficient (Wildman–Crippen LogP) is 5.49. The van der Waals surface area contributed by atoms with Crippen LogP contribution in [0.15, 0.2) is 79.0 Å². The van der Waals surface area contributed by atoms with Crippen LogP contribution in [0, 0.1) is 18.7 Å². The Hall–Kier alpha value is -4.46. The van der Waals surface area contributed by atoms with E-state index >= 15 is 0 Å². The maximum atomic E-state index is 13.6. The molecular weight excluding hydrogens is 483 g/mol. The number of aromatic nitrogens is 2. The molecule has 8 heteroatoms. The highest BCUT2D eigenvalue weighted by Crippen LogP contribution is 2.30. The SMILES string of the molecule is COc1ccc(-c2cn(-c3ccc(F)cc3)c(NC(=O)CN(CC3CC3)C(=O)c3ccc(C)cc3)n2)cc1. The van der Waals surface area contributed by atoms with Gasteiger partial charge < -0.3 is 9.64 Å². The number of imidazole rings is 1. The van der Waals surface area contributed by atoms with Crippen LogP contribution < -0.4 is 10.1 Å². The second-order valence-corrected chi connectivity index (χ2v) is 9.57. The monoisotopic (exact) mass is 512 g/mol. The highest BCUT2D eigenvalue weighted by molar-refractivity contribution is 5.99. The lowest BCUT2D eigenvalue weighted by Gasteiger charge is -2.22. The van der Waals surface area contributed by atoms with Gasteiger partial charge in [-0.1, -0.05) is 17.7 Å². The zero-order chi connectivity index (χ0) is 26.6. The van der Waals surface area contributed by atoms with Crippen molar-refractivity contribution in [2.45, 2.75) is 19.8 Å². The second kappa shape index (κ2) is 10.9. The molecule has 1 aliphatic rings. The lowest BCUT2D eigenvalue weighted by atomic mass is 10.1. The molecule has 0 bridgehead atoms. The summed E-state index contributed by atoms with van der Waals surface area (Å²) < 4.78 is 20.5. The first-order chi connectivity index (χ1) is 18.4. The topological polar surface area (TPSA) is 76.5 Å². The average molecular weight is 513 g/mol. The molecule has 38 heavy (non-hydrogen) atoms. The maximum absolute atomic E-state index is 13.6. The Kier molecular flexibility index (Phi) is 7.22. The molecule has 0 saturated heterocycles. The van der Waals surface area contributed by atoms with E-state index in [2.05, 4.69) is 10.3 Å². The predicted molar refractivity (Wildman–Crippen MR) is 144 cm³/mol. The Morgan fingerprint density at radius 3 is 2.34 bits per heavy atom. The van der Waals surface area contributed by atoms with Crippen molar-refractivity contribution in [2.75, 3.05) is 25.5 Å². The summed E-state index contributed by atoms with van der Waals surface area (Å²) in [5, 5.41) is 2.88. The van der Waals surface area contributed by atoms with Crippen LogP contribution >= 0.6 is 0 Å². The first-order valence-corrected chi connectivity index (χ1v) is 12.5. The Morgan fingerprint density at radius 2 is 1.71 bits per heavy atom. The van der Waals surface area contributed by atoms with E-state index in [0.29, 0.717) is 35.2 Å². The summed E-state index contributed by atoms with van der Waals surface area (Å²) in [6.07, 6.45) is 3.89. The molecule has 0 spiro atoms. The van der Waals surface area contributed by atoms with Crippen LogP contribution in [0.3, 0.4) is 0 Å². The highest BCUT2D eigenvalue weighted by atomic mass is 19.1. The van der Waals surface area contributed by atoms with Gasteiger partial charge in [0.05, 0.1) is 12.8 Å². The van der Waals surface area contributed by atoms with Crippen LogP contribution in [0.1, 0.15) is 28.8 Å². The van der Waals surface area contributed by atoms with Crippen molar-refractivity contribution in [1.29, 1.82) is 0 Å². The second-order valence-electron chi connectivity index (χ2n) is 9.57. The van der Waals surface area contributed by atoms with Gasteiger partial charge in [-0.05, 0) is 86.3 Å². The normalized spacial score (nSPS) is 12.7. The molecule has 0 aliphatic heterocycles. The van der Waals surface area contributed by atoms with E-state index in [-0.39, 0.29) is 30.1 Å². The fourth-order valence-electron chi connectivity index (χ4n) is 4.22. The molecule has 3 aromatic carbocycles. The number of nitrogens with zero attached hydrogens (tertiary/aromatic N) is 3. The third-order valence-corrected chi connectivity index (χ3v) is 6.54. The summed E-state index contributed by atoms with van der Waals surface area (Å²) in [7, 11) is 1.60. The van der Waals surface area contributed by atoms with Gasteiger partial charge in [-0.15, -0.1) is 0 Å². The number of methoxy groups -OCH3 is 1. The van der Waals surface area contributed by atoms with Gasteiger partial charge in [-0.3, -0.25) is 19.5 Å². The van der Waals surface area contributed by atoms with Crippen molar-refractivity contribution in [2.24, 2.45) is 5.92 Å². The van der Waals surface area contributed by atoms with E-state index in [1.165, 1.54) is 12.1 Å². The van der Waals surface area contributed by atoms with Gasteiger partial charge in [0.15, 0.2) is 0 Å². The molecule has 194 valence electrons. The zero-order valence-corrected chi connectivity index (χ0v) is 21.4. The van der Waals surface area contributed by atoms with E-state index < -0.39 is 0 Å². The number of hydrogen-bond acceptors (Lipinski definition) is 4. The van der Waals surface area contributed by atoms with Crippen molar-refractivity contribution in [3.05, 3.63) is 95.9 Å². The highest BCUT2D eigenvalue weighted by Gasteiger charge is 2.29. The Labute approximate surface area is 220 Å². The zero-order valence-electron chi connectivity index (χ0n) is 21.4. The third-order valence-electron chi connectivity index (χ3n) is 6.54. The van der Waals surface area contributed by atoms with Gasteiger partial charge in [0.25, 0.3) is 5.91 Å². The van der Waals surface area contributed by atoms with E-state index in [1.54, 1.807) is 47.0 Å². The molecule has 1 N–H and O–H groups in total. The van der Waals surface area contributed by atoms with Gasteiger partial charge in [0, 0.05) is 29.6 Å². The number of aryl methyl sites for hydroxylation is 1. The van der Waals surface area contributed by atoms with Crippen LogP contribution in [0.25, 0.3) is 16.9 Å². The number of amides is 2. The van der Waals surface area contributed by atoms with Crippen molar-refractivity contribution < 1.29 is 18.7 Å². The van der Waals surface area contributed by atoms with Crippen molar-refractivity contribution >= 4 is 17.8 Å². The molecule has 0 atom stereocenters. The number of carbonyl (C=O) groups is 2. The Balaban J connectivity index is 1.40. The van der Waals surface area contributed by atoms with Gasteiger partial charge in [0.1, 0.15) is 18.1 Å². The van der Waals surface area contributed by atoms with E-state index in [9.17, 15) is 14.0 Å². The lowest BCUT2D eigenvalue weighted by molar-refractivity contribution is -0.117. The van der Waals surface area contributed by atoms with E-state index in [1.807, 2.05) is 43.3 Å². The van der Waals surface area contributed by atoms with Crippen molar-refractivity contribution in [3.63, 3.8) is 0 Å². The molecule has 7 nitrogen and oxygen atoms in total. The first-order valence-electron chi connectivity index (χ1n) is 12.5. The molecular formula is C30H29FN4O3. The number of carbonyl (C=O) groups excluding carboxylic acids is 2. The molecule has 0 unspecified atom stereocenters. The number of anilines is 1. The summed E-state index contributed by atoms with van der Waals surface area (Å²) in [6, 6.07) is 20.7. The van der Waals surface area contributed by atoms with Gasteiger partial charge >= 0.3 is 0 Å². The lowest BCUT2D eigenvalue weighted by Crippen LogP contribution is -2.39. The minimum Gasteiger partial charge on any atom is -0.497 e. The first kappa shape index (κ1) is 25.2. The molecule has 1 saturated carbocycles. The standard InChI is InChI=1S/C30H29FN4O3/c1-20-3-7-23(8-4-20)29(37)34(17-21-5-6-21)19-28(36)33-30-32-27(22-9-15-26(38-2)16-10-22)18-35(30)25-13-11-24(31)12-14-25/h3-4,7-16,18,21H,5-6,17,19H2,1-2H3,(H,32,33,36). The molecule has 2 amide bonds. The Bertz CT molecular complexity index is 1430. The molecule has 5 rings (SSSR count). The minimum atomic E-state index is -0.361. The minimum absolute atomic E-state index is 0.0998.